The Hall–Kier alpha value is -2.33. The average molecular weight is 272 g/mol. The Morgan fingerprint density at radius 1 is 1.10 bits per heavy atom. The van der Waals surface area contributed by atoms with E-state index in [9.17, 15) is 9.50 Å². The largest absolute Gasteiger partial charge is 0.490 e. The third kappa shape index (κ3) is 2.65. The Bertz CT molecular complexity index is 670. The molecule has 0 saturated carbocycles. The minimum absolute atomic E-state index is 0.0471. The van der Waals surface area contributed by atoms with Crippen LogP contribution in [0.5, 0.6) is 5.75 Å². The minimum Gasteiger partial charge on any atom is -0.490 e. The summed E-state index contributed by atoms with van der Waals surface area (Å²) in [7, 11) is 0. The molecule has 0 aliphatic heterocycles. The van der Waals surface area contributed by atoms with Gasteiger partial charge in [-0.25, -0.2) is 4.39 Å². The van der Waals surface area contributed by atoms with Crippen LogP contribution in [-0.2, 0) is 0 Å². The van der Waals surface area contributed by atoms with E-state index in [0.29, 0.717) is 11.5 Å². The smallest absolute Gasteiger partial charge is 0.145 e. The van der Waals surface area contributed by atoms with Crippen molar-refractivity contribution in [1.82, 2.24) is 0 Å². The Balaban J connectivity index is 1.69. The molecule has 20 heavy (non-hydrogen) atoms. The van der Waals surface area contributed by atoms with Crippen molar-refractivity contribution in [1.29, 1.82) is 0 Å². The van der Waals surface area contributed by atoms with E-state index in [0.717, 1.165) is 11.0 Å². The summed E-state index contributed by atoms with van der Waals surface area (Å²) in [6, 6.07) is 15.0. The Morgan fingerprint density at radius 3 is 2.60 bits per heavy atom. The first-order valence-electron chi connectivity index (χ1n) is 6.27. The van der Waals surface area contributed by atoms with Gasteiger partial charge in [0.05, 0.1) is 0 Å². The average Bonchev–Trinajstić information content (AvgIpc) is 2.90. The standard InChI is InChI=1S/C16H13FO3/c17-12-5-7-13(8-6-12)19-10-14(18)16-9-11-3-1-2-4-15(11)20-16/h1-9,14,18H,10H2. The molecule has 1 unspecified atom stereocenters. The molecule has 0 amide bonds. The lowest BCUT2D eigenvalue weighted by Crippen LogP contribution is -2.08. The van der Waals surface area contributed by atoms with Gasteiger partial charge in [-0.15, -0.1) is 0 Å². The number of furan rings is 1. The first kappa shape index (κ1) is 12.7. The lowest BCUT2D eigenvalue weighted by atomic mass is 10.2. The van der Waals surface area contributed by atoms with Gasteiger partial charge in [-0.05, 0) is 36.4 Å². The molecule has 1 atom stereocenters. The van der Waals surface area contributed by atoms with Crippen LogP contribution in [0.15, 0.2) is 59.0 Å². The van der Waals surface area contributed by atoms with E-state index in [2.05, 4.69) is 0 Å². The third-order valence-corrected chi connectivity index (χ3v) is 2.99. The van der Waals surface area contributed by atoms with Crippen LogP contribution in [0.1, 0.15) is 11.9 Å². The zero-order chi connectivity index (χ0) is 13.9. The second-order valence-electron chi connectivity index (χ2n) is 4.47. The van der Waals surface area contributed by atoms with Crippen LogP contribution in [-0.4, -0.2) is 11.7 Å². The molecule has 0 fully saturated rings. The maximum atomic E-state index is 12.7. The van der Waals surface area contributed by atoms with E-state index in [-0.39, 0.29) is 12.4 Å². The molecule has 1 heterocycles. The Morgan fingerprint density at radius 2 is 1.85 bits per heavy atom. The predicted molar refractivity (Wildman–Crippen MR) is 73.1 cm³/mol. The molecule has 4 heteroatoms. The van der Waals surface area contributed by atoms with Crippen LogP contribution in [0.2, 0.25) is 0 Å². The van der Waals surface area contributed by atoms with Crippen LogP contribution in [0.4, 0.5) is 4.39 Å². The predicted octanol–water partition coefficient (Wildman–Crippen LogP) is 3.68. The molecular weight excluding hydrogens is 259 g/mol. The Labute approximate surface area is 115 Å². The van der Waals surface area contributed by atoms with Crippen LogP contribution in [0, 0.1) is 5.82 Å². The monoisotopic (exact) mass is 272 g/mol. The number of halogens is 1. The fourth-order valence-electron chi connectivity index (χ4n) is 1.95. The van der Waals surface area contributed by atoms with Gasteiger partial charge in [0.15, 0.2) is 0 Å². The molecule has 0 saturated heterocycles. The number of hydrogen-bond donors (Lipinski definition) is 1. The summed E-state index contributed by atoms with van der Waals surface area (Å²) in [6.07, 6.45) is -0.868. The summed E-state index contributed by atoms with van der Waals surface area (Å²) in [6.45, 7) is 0.0471. The van der Waals surface area contributed by atoms with E-state index in [1.54, 1.807) is 6.07 Å². The van der Waals surface area contributed by atoms with E-state index < -0.39 is 6.10 Å². The van der Waals surface area contributed by atoms with Gasteiger partial charge in [0.1, 0.15) is 35.6 Å². The van der Waals surface area contributed by atoms with Crippen molar-refractivity contribution in [2.24, 2.45) is 0 Å². The summed E-state index contributed by atoms with van der Waals surface area (Å²) in [5.41, 5.74) is 0.725. The van der Waals surface area contributed by atoms with E-state index in [4.69, 9.17) is 9.15 Å². The maximum absolute atomic E-state index is 12.7. The molecule has 0 bridgehead atoms. The fourth-order valence-corrected chi connectivity index (χ4v) is 1.95. The highest BCUT2D eigenvalue weighted by atomic mass is 19.1. The van der Waals surface area contributed by atoms with Gasteiger partial charge in [0, 0.05) is 5.39 Å². The normalized spacial score (nSPS) is 12.5. The van der Waals surface area contributed by atoms with Crippen molar-refractivity contribution in [2.75, 3.05) is 6.61 Å². The second-order valence-corrected chi connectivity index (χ2v) is 4.47. The summed E-state index contributed by atoms with van der Waals surface area (Å²) in [5.74, 6) is 0.630. The number of aliphatic hydroxyl groups is 1. The molecule has 1 N–H and O–H groups in total. The molecule has 3 nitrogen and oxygen atoms in total. The van der Waals surface area contributed by atoms with Gasteiger partial charge in [0.25, 0.3) is 0 Å². The van der Waals surface area contributed by atoms with Gasteiger partial charge >= 0.3 is 0 Å². The SMILES string of the molecule is OC(COc1ccc(F)cc1)c1cc2ccccc2o1. The van der Waals surface area contributed by atoms with Crippen molar-refractivity contribution in [3.63, 3.8) is 0 Å². The van der Waals surface area contributed by atoms with Gasteiger partial charge in [-0.1, -0.05) is 18.2 Å². The summed E-state index contributed by atoms with van der Waals surface area (Å²) in [4.78, 5) is 0. The zero-order valence-electron chi connectivity index (χ0n) is 10.6. The number of fused-ring (bicyclic) bond motifs is 1. The highest BCUT2D eigenvalue weighted by Crippen LogP contribution is 2.24. The zero-order valence-corrected chi connectivity index (χ0v) is 10.6. The van der Waals surface area contributed by atoms with Gasteiger partial charge < -0.3 is 14.3 Å². The first-order valence-corrected chi connectivity index (χ1v) is 6.27. The molecule has 0 spiro atoms. The number of rotatable bonds is 4. The Kier molecular flexibility index (Phi) is 3.39. The van der Waals surface area contributed by atoms with Gasteiger partial charge in [-0.2, -0.15) is 0 Å². The highest BCUT2D eigenvalue weighted by Gasteiger charge is 2.14. The quantitative estimate of drug-likeness (QED) is 0.787. The number of hydrogen-bond acceptors (Lipinski definition) is 3. The van der Waals surface area contributed by atoms with Crippen LogP contribution >= 0.6 is 0 Å². The minimum atomic E-state index is -0.868. The van der Waals surface area contributed by atoms with Crippen molar-refractivity contribution in [3.05, 3.63) is 66.2 Å². The summed E-state index contributed by atoms with van der Waals surface area (Å²) < 4.78 is 23.7. The molecule has 2 aromatic carbocycles. The van der Waals surface area contributed by atoms with Crippen molar-refractivity contribution >= 4 is 11.0 Å². The number of aliphatic hydroxyl groups excluding tert-OH is 1. The van der Waals surface area contributed by atoms with Crippen LogP contribution in [0.3, 0.4) is 0 Å². The fraction of sp³-hybridized carbons (Fsp3) is 0.125. The molecule has 1 aromatic heterocycles. The van der Waals surface area contributed by atoms with E-state index in [1.807, 2.05) is 24.3 Å². The van der Waals surface area contributed by atoms with E-state index in [1.165, 1.54) is 24.3 Å². The van der Waals surface area contributed by atoms with Crippen LogP contribution in [0.25, 0.3) is 11.0 Å². The molecule has 0 radical (unpaired) electrons. The molecular formula is C16H13FO3. The number of ether oxygens (including phenoxy) is 1. The molecule has 102 valence electrons. The molecule has 0 aliphatic rings. The first-order chi connectivity index (χ1) is 9.72. The lowest BCUT2D eigenvalue weighted by Gasteiger charge is -2.09. The van der Waals surface area contributed by atoms with Gasteiger partial charge in [0.2, 0.25) is 0 Å². The number of benzene rings is 2. The third-order valence-electron chi connectivity index (χ3n) is 2.99. The highest BCUT2D eigenvalue weighted by molar-refractivity contribution is 5.77. The summed E-state index contributed by atoms with van der Waals surface area (Å²) in [5, 5.41) is 11.0. The molecule has 3 rings (SSSR count). The summed E-state index contributed by atoms with van der Waals surface area (Å²) >= 11 is 0. The maximum Gasteiger partial charge on any atom is 0.145 e. The van der Waals surface area contributed by atoms with Crippen LogP contribution < -0.4 is 4.74 Å². The molecule has 0 aliphatic carbocycles. The van der Waals surface area contributed by atoms with Crippen molar-refractivity contribution in [3.8, 4) is 5.75 Å². The second kappa shape index (κ2) is 5.35. The van der Waals surface area contributed by atoms with Gasteiger partial charge in [-0.3, -0.25) is 0 Å². The van der Waals surface area contributed by atoms with E-state index >= 15 is 0 Å². The van der Waals surface area contributed by atoms with Crippen molar-refractivity contribution < 1.29 is 18.7 Å². The number of para-hydroxylation sites is 1. The lowest BCUT2D eigenvalue weighted by molar-refractivity contribution is 0.0903. The van der Waals surface area contributed by atoms with Crippen molar-refractivity contribution in [2.45, 2.75) is 6.10 Å². The molecule has 3 aromatic rings. The topological polar surface area (TPSA) is 42.6 Å².